The molecule has 4 rings (SSSR count). The number of benzene rings is 2. The van der Waals surface area contributed by atoms with Crippen molar-refractivity contribution in [1.29, 1.82) is 0 Å². The van der Waals surface area contributed by atoms with Crippen LogP contribution in [0, 0.1) is 5.82 Å². The predicted octanol–water partition coefficient (Wildman–Crippen LogP) is 2.73. The fourth-order valence-electron chi connectivity index (χ4n) is 3.49. The monoisotopic (exact) mass is 406 g/mol. The Kier molecular flexibility index (Phi) is 5.14. The van der Waals surface area contributed by atoms with Gasteiger partial charge in [-0.15, -0.1) is 0 Å². The number of carbonyl (C=O) groups excluding carboxylic acids is 3. The molecule has 8 heteroatoms. The Morgan fingerprint density at radius 1 is 1.07 bits per heavy atom. The van der Waals surface area contributed by atoms with Crippen LogP contribution in [-0.4, -0.2) is 27.3 Å². The van der Waals surface area contributed by atoms with Gasteiger partial charge in [0, 0.05) is 43.4 Å². The largest absolute Gasteiger partial charge is 0.338 e. The number of imide groups is 1. The van der Waals surface area contributed by atoms with Gasteiger partial charge < -0.3 is 9.88 Å². The highest BCUT2D eigenvalue weighted by atomic mass is 19.1. The molecule has 0 bridgehead atoms. The van der Waals surface area contributed by atoms with Crippen molar-refractivity contribution in [3.8, 4) is 0 Å². The van der Waals surface area contributed by atoms with Gasteiger partial charge in [0.25, 0.3) is 5.91 Å². The number of carbonyl (C=O) groups is 3. The topological polar surface area (TPSA) is 84.3 Å². The zero-order chi connectivity index (χ0) is 21.3. The van der Waals surface area contributed by atoms with Gasteiger partial charge in [0.15, 0.2) is 0 Å². The first-order valence-corrected chi connectivity index (χ1v) is 9.44. The van der Waals surface area contributed by atoms with Crippen molar-refractivity contribution in [2.45, 2.75) is 18.9 Å². The van der Waals surface area contributed by atoms with Crippen LogP contribution in [0.15, 0.2) is 60.9 Å². The first-order chi connectivity index (χ1) is 14.5. The second kappa shape index (κ2) is 7.90. The van der Waals surface area contributed by atoms with E-state index < -0.39 is 17.8 Å². The van der Waals surface area contributed by atoms with Gasteiger partial charge in [-0.3, -0.25) is 19.3 Å². The molecule has 0 saturated carbocycles. The lowest BCUT2D eigenvalue weighted by molar-refractivity contribution is -0.121. The molecule has 1 N–H and O–H groups in total. The van der Waals surface area contributed by atoms with Gasteiger partial charge in [0.2, 0.25) is 11.8 Å². The van der Waals surface area contributed by atoms with Gasteiger partial charge in [0.05, 0.1) is 5.69 Å². The van der Waals surface area contributed by atoms with Gasteiger partial charge in [-0.2, -0.15) is 0 Å². The number of halogens is 1. The molecular formula is C22H19FN4O3. The van der Waals surface area contributed by atoms with E-state index >= 15 is 0 Å². The Morgan fingerprint density at radius 3 is 2.33 bits per heavy atom. The molecule has 1 fully saturated rings. The second-order valence-electron chi connectivity index (χ2n) is 6.99. The van der Waals surface area contributed by atoms with Gasteiger partial charge in [-0.1, -0.05) is 18.2 Å². The summed E-state index contributed by atoms with van der Waals surface area (Å²) in [6.07, 6.45) is 3.67. The van der Waals surface area contributed by atoms with E-state index in [-0.39, 0.29) is 24.7 Å². The highest BCUT2D eigenvalue weighted by Gasteiger charge is 2.30. The Hall–Kier alpha value is -3.81. The fourth-order valence-corrected chi connectivity index (χ4v) is 3.49. The van der Waals surface area contributed by atoms with Gasteiger partial charge in [-0.05, 0) is 30.3 Å². The first-order valence-electron chi connectivity index (χ1n) is 9.44. The minimum absolute atomic E-state index is 0.190. The number of hydrogen-bond acceptors (Lipinski definition) is 4. The maximum atomic E-state index is 14.5. The maximum Gasteiger partial charge on any atom is 0.252 e. The van der Waals surface area contributed by atoms with E-state index in [4.69, 9.17) is 0 Å². The third-order valence-electron chi connectivity index (χ3n) is 5.05. The van der Waals surface area contributed by atoms with E-state index in [1.165, 1.54) is 18.2 Å². The summed E-state index contributed by atoms with van der Waals surface area (Å²) in [6.45, 7) is 0. The predicted molar refractivity (Wildman–Crippen MR) is 107 cm³/mol. The van der Waals surface area contributed by atoms with Crippen LogP contribution >= 0.6 is 0 Å². The number of imidazole rings is 1. The lowest BCUT2D eigenvalue weighted by Gasteiger charge is -2.20. The average molecular weight is 406 g/mol. The number of rotatable bonds is 5. The summed E-state index contributed by atoms with van der Waals surface area (Å²) < 4.78 is 16.2. The lowest BCUT2D eigenvalue weighted by atomic mass is 10.0. The van der Waals surface area contributed by atoms with Crippen molar-refractivity contribution in [2.24, 2.45) is 7.05 Å². The zero-order valence-corrected chi connectivity index (χ0v) is 16.2. The summed E-state index contributed by atoms with van der Waals surface area (Å²) in [4.78, 5) is 42.0. The van der Waals surface area contributed by atoms with Gasteiger partial charge in [-0.25, -0.2) is 9.37 Å². The number of nitrogens with one attached hydrogen (secondary N) is 1. The Bertz CT molecular complexity index is 1110. The summed E-state index contributed by atoms with van der Waals surface area (Å²) in [5.74, 6) is -0.916. The third-order valence-corrected chi connectivity index (χ3v) is 5.05. The normalized spacial score (nSPS) is 14.8. The van der Waals surface area contributed by atoms with Crippen LogP contribution in [0.5, 0.6) is 0 Å². The molecule has 1 aliphatic rings. The van der Waals surface area contributed by atoms with Crippen LogP contribution in [0.1, 0.15) is 40.6 Å². The van der Waals surface area contributed by atoms with Crippen molar-refractivity contribution < 1.29 is 18.8 Å². The lowest BCUT2D eigenvalue weighted by Crippen LogP contribution is -2.32. The van der Waals surface area contributed by atoms with Crippen molar-refractivity contribution in [3.63, 3.8) is 0 Å². The van der Waals surface area contributed by atoms with E-state index in [1.54, 1.807) is 54.3 Å². The van der Waals surface area contributed by atoms with Crippen LogP contribution < -0.4 is 10.2 Å². The number of amides is 3. The second-order valence-corrected chi connectivity index (χ2v) is 6.99. The van der Waals surface area contributed by atoms with E-state index in [9.17, 15) is 18.8 Å². The van der Waals surface area contributed by atoms with Gasteiger partial charge >= 0.3 is 0 Å². The molecule has 2 heterocycles. The first kappa shape index (κ1) is 19.5. The average Bonchev–Trinajstić information content (AvgIpc) is 3.31. The maximum absolute atomic E-state index is 14.5. The Morgan fingerprint density at radius 2 is 1.73 bits per heavy atom. The molecule has 1 unspecified atom stereocenters. The molecule has 3 amide bonds. The van der Waals surface area contributed by atoms with Crippen molar-refractivity contribution in [1.82, 2.24) is 14.9 Å². The molecule has 1 aromatic heterocycles. The van der Waals surface area contributed by atoms with E-state index in [0.717, 1.165) is 4.90 Å². The molecule has 3 aromatic rings. The minimum Gasteiger partial charge on any atom is -0.338 e. The number of anilines is 1. The number of hydrogen-bond donors (Lipinski definition) is 1. The Labute approximate surface area is 172 Å². The number of nitrogens with zero attached hydrogens (tertiary/aromatic N) is 3. The summed E-state index contributed by atoms with van der Waals surface area (Å²) >= 11 is 0. The molecular weight excluding hydrogens is 387 g/mol. The van der Waals surface area contributed by atoms with Crippen LogP contribution in [0.4, 0.5) is 10.1 Å². The van der Waals surface area contributed by atoms with E-state index in [2.05, 4.69) is 10.3 Å². The SMILES string of the molecule is Cn1ccnc1C(NC(=O)c1ccc(N2C(=O)CCC2=O)cc1)c1ccccc1F. The standard InChI is InChI=1S/C22H19FN4O3/c1-26-13-12-24-21(26)20(16-4-2-3-5-17(16)23)25-22(30)14-6-8-15(9-7-14)27-18(28)10-11-19(27)29/h2-9,12-13,20H,10-11H2,1H3,(H,25,30). The van der Waals surface area contributed by atoms with Crippen LogP contribution in [-0.2, 0) is 16.6 Å². The molecule has 2 aromatic carbocycles. The molecule has 30 heavy (non-hydrogen) atoms. The molecule has 0 radical (unpaired) electrons. The molecule has 1 aliphatic heterocycles. The molecule has 152 valence electrons. The molecule has 1 saturated heterocycles. The van der Waals surface area contributed by atoms with Crippen molar-refractivity contribution in [3.05, 3.63) is 83.7 Å². The summed E-state index contributed by atoms with van der Waals surface area (Å²) in [5, 5.41) is 2.83. The summed E-state index contributed by atoms with van der Waals surface area (Å²) in [6, 6.07) is 11.6. The van der Waals surface area contributed by atoms with Crippen LogP contribution in [0.25, 0.3) is 0 Å². The Balaban J connectivity index is 1.60. The molecule has 0 aliphatic carbocycles. The smallest absolute Gasteiger partial charge is 0.252 e. The van der Waals surface area contributed by atoms with Crippen LogP contribution in [0.3, 0.4) is 0 Å². The quantitative estimate of drug-likeness (QED) is 0.661. The van der Waals surface area contributed by atoms with Crippen LogP contribution in [0.2, 0.25) is 0 Å². The highest BCUT2D eigenvalue weighted by Crippen LogP contribution is 2.25. The van der Waals surface area contributed by atoms with Crippen molar-refractivity contribution >= 4 is 23.4 Å². The van der Waals surface area contributed by atoms with Gasteiger partial charge in [0.1, 0.15) is 17.7 Å². The summed E-state index contributed by atoms with van der Waals surface area (Å²) in [7, 11) is 1.77. The summed E-state index contributed by atoms with van der Waals surface area (Å²) in [5.41, 5.74) is 1.03. The minimum atomic E-state index is -0.792. The van der Waals surface area contributed by atoms with Crippen molar-refractivity contribution in [2.75, 3.05) is 4.90 Å². The molecule has 0 spiro atoms. The van der Waals surface area contributed by atoms with E-state index in [1.807, 2.05) is 0 Å². The number of aromatic nitrogens is 2. The molecule has 7 nitrogen and oxygen atoms in total. The number of aryl methyl sites for hydroxylation is 1. The third kappa shape index (κ3) is 3.59. The molecule has 1 atom stereocenters. The highest BCUT2D eigenvalue weighted by molar-refractivity contribution is 6.19. The fraction of sp³-hybridized carbons (Fsp3) is 0.182. The van der Waals surface area contributed by atoms with E-state index in [0.29, 0.717) is 22.6 Å². The zero-order valence-electron chi connectivity index (χ0n) is 16.2.